The molecule has 8 N–H and O–H groups in total. The summed E-state index contributed by atoms with van der Waals surface area (Å²) in [5.41, 5.74) is 0. The van der Waals surface area contributed by atoms with Gasteiger partial charge < -0.3 is 59.8 Å². The minimum atomic E-state index is -2.07. The SMILES string of the molecule is OCCCOC[C@@]1(O[C@H]2O[C@H](CO)[C@@H](O)[C@H](O)[C@H]2O)O[C@H](CO)[C@@H](O)[C@@H]1O. The fourth-order valence-corrected chi connectivity index (χ4v) is 3.00. The van der Waals surface area contributed by atoms with Crippen LogP contribution < -0.4 is 0 Å². The zero-order chi connectivity index (χ0) is 20.2. The predicted molar refractivity (Wildman–Crippen MR) is 84.1 cm³/mol. The number of rotatable bonds is 9. The van der Waals surface area contributed by atoms with Crippen molar-refractivity contribution < 1.29 is 59.8 Å². The molecular formula is C15H28O12. The Balaban J connectivity index is 2.18. The average molecular weight is 400 g/mol. The van der Waals surface area contributed by atoms with E-state index in [1.807, 2.05) is 0 Å². The Kier molecular flexibility index (Phi) is 8.30. The van der Waals surface area contributed by atoms with Gasteiger partial charge in [-0.25, -0.2) is 0 Å². The van der Waals surface area contributed by atoms with Crippen LogP contribution in [-0.2, 0) is 18.9 Å². The quantitative estimate of drug-likeness (QED) is 0.172. The molecular weight excluding hydrogens is 372 g/mol. The van der Waals surface area contributed by atoms with Gasteiger partial charge in [-0.2, -0.15) is 0 Å². The standard InChI is InChI=1S/C15H28O12/c16-2-1-3-24-6-15(13(23)10(20)8(5-18)26-15)27-14-12(22)11(21)9(19)7(4-17)25-14/h7-14,16-23H,1-6H2/t7-,8-,9-,10-,11+,12-,13+,14-,15+/m1/s1. The third kappa shape index (κ3) is 4.75. The lowest BCUT2D eigenvalue weighted by molar-refractivity contribution is -0.385. The molecule has 2 fully saturated rings. The van der Waals surface area contributed by atoms with Crippen molar-refractivity contribution in [2.45, 2.75) is 61.2 Å². The highest BCUT2D eigenvalue weighted by Crippen LogP contribution is 2.36. The van der Waals surface area contributed by atoms with Gasteiger partial charge in [0.1, 0.15) is 49.3 Å². The van der Waals surface area contributed by atoms with Crippen LogP contribution >= 0.6 is 0 Å². The van der Waals surface area contributed by atoms with Crippen molar-refractivity contribution in [3.63, 3.8) is 0 Å². The lowest BCUT2D eigenvalue weighted by Crippen LogP contribution is -2.62. The zero-order valence-corrected chi connectivity index (χ0v) is 14.6. The molecule has 12 heteroatoms. The minimum Gasteiger partial charge on any atom is -0.396 e. The van der Waals surface area contributed by atoms with Crippen LogP contribution in [0.15, 0.2) is 0 Å². The molecule has 0 aliphatic carbocycles. The molecule has 0 aromatic rings. The van der Waals surface area contributed by atoms with E-state index in [0.717, 1.165) is 0 Å². The van der Waals surface area contributed by atoms with Crippen LogP contribution in [0, 0.1) is 0 Å². The first-order chi connectivity index (χ1) is 12.8. The second-order valence-corrected chi connectivity index (χ2v) is 6.53. The summed E-state index contributed by atoms with van der Waals surface area (Å²) in [6.07, 6.45) is -12.2. The third-order valence-electron chi connectivity index (χ3n) is 4.60. The maximum atomic E-state index is 10.4. The van der Waals surface area contributed by atoms with E-state index < -0.39 is 74.6 Å². The molecule has 0 spiro atoms. The fourth-order valence-electron chi connectivity index (χ4n) is 3.00. The van der Waals surface area contributed by atoms with Crippen LogP contribution in [0.5, 0.6) is 0 Å². The molecule has 2 aliphatic rings. The van der Waals surface area contributed by atoms with Gasteiger partial charge in [0, 0.05) is 13.2 Å². The van der Waals surface area contributed by atoms with Crippen molar-refractivity contribution in [3.8, 4) is 0 Å². The highest BCUT2D eigenvalue weighted by molar-refractivity contribution is 4.98. The average Bonchev–Trinajstić information content (AvgIpc) is 2.90. The van der Waals surface area contributed by atoms with E-state index in [0.29, 0.717) is 0 Å². The molecule has 27 heavy (non-hydrogen) atoms. The first kappa shape index (κ1) is 22.8. The summed E-state index contributed by atoms with van der Waals surface area (Å²) in [7, 11) is 0. The maximum absolute atomic E-state index is 10.4. The van der Waals surface area contributed by atoms with Crippen molar-refractivity contribution in [3.05, 3.63) is 0 Å². The topological polar surface area (TPSA) is 199 Å². The van der Waals surface area contributed by atoms with Gasteiger partial charge >= 0.3 is 0 Å². The van der Waals surface area contributed by atoms with Crippen LogP contribution in [0.2, 0.25) is 0 Å². The van der Waals surface area contributed by atoms with Crippen LogP contribution in [0.25, 0.3) is 0 Å². The van der Waals surface area contributed by atoms with E-state index in [2.05, 4.69) is 0 Å². The molecule has 0 bridgehead atoms. The largest absolute Gasteiger partial charge is 0.396 e. The molecule has 0 amide bonds. The summed E-state index contributed by atoms with van der Waals surface area (Å²) in [6, 6.07) is 0. The summed E-state index contributed by atoms with van der Waals surface area (Å²) in [6.45, 7) is -1.88. The van der Waals surface area contributed by atoms with E-state index in [9.17, 15) is 35.7 Å². The lowest BCUT2D eigenvalue weighted by Gasteiger charge is -2.43. The van der Waals surface area contributed by atoms with Gasteiger partial charge in [-0.3, -0.25) is 0 Å². The highest BCUT2D eigenvalue weighted by Gasteiger charge is 2.58. The van der Waals surface area contributed by atoms with Gasteiger partial charge in [0.05, 0.1) is 13.2 Å². The molecule has 2 heterocycles. The molecule has 9 atom stereocenters. The van der Waals surface area contributed by atoms with E-state index in [4.69, 9.17) is 24.1 Å². The molecule has 2 aliphatic heterocycles. The molecule has 12 nitrogen and oxygen atoms in total. The van der Waals surface area contributed by atoms with Gasteiger partial charge in [-0.1, -0.05) is 0 Å². The molecule has 0 radical (unpaired) electrons. The summed E-state index contributed by atoms with van der Waals surface area (Å²) in [5.74, 6) is -2.07. The Morgan fingerprint density at radius 1 is 0.815 bits per heavy atom. The summed E-state index contributed by atoms with van der Waals surface area (Å²) < 4.78 is 21.5. The van der Waals surface area contributed by atoms with Crippen LogP contribution in [-0.4, -0.2) is 129 Å². The minimum absolute atomic E-state index is 0.0618. The van der Waals surface area contributed by atoms with E-state index in [-0.39, 0.29) is 19.6 Å². The Bertz CT molecular complexity index is 451. The van der Waals surface area contributed by atoms with Crippen molar-refractivity contribution in [1.29, 1.82) is 0 Å². The van der Waals surface area contributed by atoms with Crippen LogP contribution in [0.4, 0.5) is 0 Å². The Labute approximate surface area is 155 Å². The molecule has 2 rings (SSSR count). The van der Waals surface area contributed by atoms with Gasteiger partial charge in [0.15, 0.2) is 6.29 Å². The molecule has 0 aromatic heterocycles. The Morgan fingerprint density at radius 2 is 1.48 bits per heavy atom. The van der Waals surface area contributed by atoms with E-state index in [1.165, 1.54) is 0 Å². The molecule has 0 aromatic carbocycles. The Hall–Kier alpha value is -0.480. The lowest BCUT2D eigenvalue weighted by atomic mass is 9.99. The molecule has 0 saturated carbocycles. The smallest absolute Gasteiger partial charge is 0.224 e. The summed E-state index contributed by atoms with van der Waals surface area (Å²) in [4.78, 5) is 0. The number of aliphatic hydroxyl groups is 8. The van der Waals surface area contributed by atoms with Crippen LogP contribution in [0.3, 0.4) is 0 Å². The van der Waals surface area contributed by atoms with Crippen molar-refractivity contribution >= 4 is 0 Å². The van der Waals surface area contributed by atoms with Gasteiger partial charge in [0.25, 0.3) is 0 Å². The van der Waals surface area contributed by atoms with Gasteiger partial charge in [-0.05, 0) is 6.42 Å². The molecule has 160 valence electrons. The van der Waals surface area contributed by atoms with Crippen molar-refractivity contribution in [1.82, 2.24) is 0 Å². The number of aliphatic hydroxyl groups excluding tert-OH is 8. The summed E-state index contributed by atoms with van der Waals surface area (Å²) in [5, 5.41) is 77.6. The Morgan fingerprint density at radius 3 is 2.04 bits per heavy atom. The predicted octanol–water partition coefficient (Wildman–Crippen LogP) is -4.99. The first-order valence-corrected chi connectivity index (χ1v) is 8.63. The first-order valence-electron chi connectivity index (χ1n) is 8.63. The highest BCUT2D eigenvalue weighted by atomic mass is 16.8. The zero-order valence-electron chi connectivity index (χ0n) is 14.6. The van der Waals surface area contributed by atoms with Gasteiger partial charge in [-0.15, -0.1) is 0 Å². The monoisotopic (exact) mass is 400 g/mol. The van der Waals surface area contributed by atoms with Crippen LogP contribution in [0.1, 0.15) is 6.42 Å². The van der Waals surface area contributed by atoms with Crippen molar-refractivity contribution in [2.75, 3.05) is 33.0 Å². The van der Waals surface area contributed by atoms with Gasteiger partial charge in [0.2, 0.25) is 5.79 Å². The third-order valence-corrected chi connectivity index (χ3v) is 4.60. The normalized spacial score (nSPS) is 45.3. The maximum Gasteiger partial charge on any atom is 0.224 e. The molecule has 0 unspecified atom stereocenters. The number of ether oxygens (including phenoxy) is 4. The fraction of sp³-hybridized carbons (Fsp3) is 1.00. The summed E-state index contributed by atoms with van der Waals surface area (Å²) >= 11 is 0. The second kappa shape index (κ2) is 9.82. The number of hydrogen-bond donors (Lipinski definition) is 8. The second-order valence-electron chi connectivity index (χ2n) is 6.53. The van der Waals surface area contributed by atoms with E-state index >= 15 is 0 Å². The van der Waals surface area contributed by atoms with Crippen molar-refractivity contribution in [2.24, 2.45) is 0 Å². The molecule has 2 saturated heterocycles. The van der Waals surface area contributed by atoms with E-state index in [1.54, 1.807) is 0 Å². The number of hydrogen-bond acceptors (Lipinski definition) is 12.